The highest BCUT2D eigenvalue weighted by Crippen LogP contribution is 2.09. The van der Waals surface area contributed by atoms with Gasteiger partial charge in [-0.05, 0) is 18.6 Å². The van der Waals surface area contributed by atoms with Gasteiger partial charge in [-0.1, -0.05) is 18.2 Å². The molecule has 0 aliphatic carbocycles. The summed E-state index contributed by atoms with van der Waals surface area (Å²) in [6.07, 6.45) is 0. The molecular weight excluding hydrogens is 116 g/mol. The Morgan fingerprint density at radius 3 is 2.25 bits per heavy atom. The van der Waals surface area contributed by atoms with Crippen molar-refractivity contribution in [1.82, 2.24) is 0 Å². The second-order valence-electron chi connectivity index (χ2n) is 1.56. The molecule has 0 aliphatic rings. The molecule has 0 saturated heterocycles. The Kier molecular flexibility index (Phi) is 1.59. The largest absolute Gasteiger partial charge is 0.143 e. The van der Waals surface area contributed by atoms with Gasteiger partial charge in [0, 0.05) is 4.90 Å². The van der Waals surface area contributed by atoms with Crippen LogP contribution in [0.5, 0.6) is 0 Å². The van der Waals surface area contributed by atoms with E-state index in [0.29, 0.717) is 0 Å². The van der Waals surface area contributed by atoms with Crippen molar-refractivity contribution < 1.29 is 0 Å². The van der Waals surface area contributed by atoms with E-state index >= 15 is 0 Å². The standard InChI is InChI=1S/C7H6S/c1-6-4-2-3-5-7(6)8/h1-5,8H. The molecule has 0 aromatic heterocycles. The van der Waals surface area contributed by atoms with Crippen molar-refractivity contribution in [3.05, 3.63) is 36.8 Å². The molecule has 2 radical (unpaired) electrons. The van der Waals surface area contributed by atoms with Gasteiger partial charge < -0.3 is 0 Å². The summed E-state index contributed by atoms with van der Waals surface area (Å²) >= 11 is 4.07. The Morgan fingerprint density at radius 1 is 1.25 bits per heavy atom. The van der Waals surface area contributed by atoms with Crippen molar-refractivity contribution in [1.29, 1.82) is 0 Å². The fraction of sp³-hybridized carbons (Fsp3) is 0. The van der Waals surface area contributed by atoms with Gasteiger partial charge in [0.05, 0.1) is 0 Å². The molecule has 1 aromatic rings. The van der Waals surface area contributed by atoms with Gasteiger partial charge in [-0.15, -0.1) is 12.6 Å². The van der Waals surface area contributed by atoms with Gasteiger partial charge in [0.2, 0.25) is 0 Å². The minimum Gasteiger partial charge on any atom is -0.143 e. The number of benzene rings is 1. The highest BCUT2D eigenvalue weighted by Gasteiger charge is 1.85. The lowest BCUT2D eigenvalue weighted by Gasteiger charge is -1.92. The van der Waals surface area contributed by atoms with Crippen molar-refractivity contribution in [3.63, 3.8) is 0 Å². The van der Waals surface area contributed by atoms with Gasteiger partial charge in [0.15, 0.2) is 0 Å². The third kappa shape index (κ3) is 1.04. The van der Waals surface area contributed by atoms with E-state index in [1.807, 2.05) is 24.3 Å². The minimum atomic E-state index is 0.732. The summed E-state index contributed by atoms with van der Waals surface area (Å²) in [4.78, 5) is 0.840. The van der Waals surface area contributed by atoms with Gasteiger partial charge in [0.25, 0.3) is 0 Å². The zero-order chi connectivity index (χ0) is 5.98. The van der Waals surface area contributed by atoms with Crippen LogP contribution in [0.3, 0.4) is 0 Å². The van der Waals surface area contributed by atoms with Crippen LogP contribution < -0.4 is 0 Å². The number of thiol groups is 1. The first-order valence-electron chi connectivity index (χ1n) is 2.34. The third-order valence-corrected chi connectivity index (χ3v) is 1.34. The van der Waals surface area contributed by atoms with Crippen LogP contribution in [-0.2, 0) is 0 Å². The molecular formula is C7H6S. The fourth-order valence-electron chi connectivity index (χ4n) is 0.488. The predicted molar refractivity (Wildman–Crippen MR) is 37.1 cm³/mol. The van der Waals surface area contributed by atoms with E-state index in [1.165, 1.54) is 0 Å². The molecule has 0 bridgehead atoms. The molecule has 0 atom stereocenters. The first-order valence-corrected chi connectivity index (χ1v) is 2.79. The lowest BCUT2D eigenvalue weighted by atomic mass is 10.2. The van der Waals surface area contributed by atoms with Gasteiger partial charge in [0.1, 0.15) is 0 Å². The second kappa shape index (κ2) is 2.23. The summed E-state index contributed by atoms with van der Waals surface area (Å²) in [5, 5.41) is 0. The maximum atomic E-state index is 5.44. The van der Waals surface area contributed by atoms with Crippen molar-refractivity contribution in [2.24, 2.45) is 0 Å². The van der Waals surface area contributed by atoms with Crippen molar-refractivity contribution in [2.75, 3.05) is 0 Å². The summed E-state index contributed by atoms with van der Waals surface area (Å²) in [7, 11) is 0. The monoisotopic (exact) mass is 122 g/mol. The summed E-state index contributed by atoms with van der Waals surface area (Å²) in [6, 6.07) is 7.47. The van der Waals surface area contributed by atoms with Crippen molar-refractivity contribution in [2.45, 2.75) is 4.90 Å². The smallest absolute Gasteiger partial charge is 0.00753 e. The van der Waals surface area contributed by atoms with E-state index in [-0.39, 0.29) is 0 Å². The Balaban J connectivity index is 3.13. The van der Waals surface area contributed by atoms with Crippen LogP contribution >= 0.6 is 12.6 Å². The second-order valence-corrected chi connectivity index (χ2v) is 2.04. The fourth-order valence-corrected chi connectivity index (χ4v) is 0.648. The number of hydrogen-bond donors (Lipinski definition) is 1. The molecule has 0 heterocycles. The summed E-state index contributed by atoms with van der Waals surface area (Å²) in [5.74, 6) is 0. The molecule has 40 valence electrons. The van der Waals surface area contributed by atoms with Crippen LogP contribution in [-0.4, -0.2) is 0 Å². The molecule has 0 spiro atoms. The molecule has 0 N–H and O–H groups in total. The van der Waals surface area contributed by atoms with Crippen LogP contribution in [0.1, 0.15) is 5.56 Å². The van der Waals surface area contributed by atoms with E-state index < -0.39 is 0 Å². The maximum absolute atomic E-state index is 5.44. The topological polar surface area (TPSA) is 0 Å². The van der Waals surface area contributed by atoms with Crippen LogP contribution in [0.15, 0.2) is 29.2 Å². The van der Waals surface area contributed by atoms with Crippen LogP contribution in [0.25, 0.3) is 0 Å². The predicted octanol–water partition coefficient (Wildman–Crippen LogP) is 2.03. The number of hydrogen-bond acceptors (Lipinski definition) is 1. The van der Waals surface area contributed by atoms with E-state index in [0.717, 1.165) is 10.5 Å². The van der Waals surface area contributed by atoms with Crippen LogP contribution in [0.2, 0.25) is 0 Å². The first-order chi connectivity index (χ1) is 3.80. The SMILES string of the molecule is [CH]c1ccccc1S. The molecule has 0 aliphatic heterocycles. The minimum absolute atomic E-state index is 0.732. The molecule has 1 rings (SSSR count). The van der Waals surface area contributed by atoms with Crippen molar-refractivity contribution in [3.8, 4) is 0 Å². The third-order valence-electron chi connectivity index (χ3n) is 0.937. The zero-order valence-electron chi connectivity index (χ0n) is 4.33. The lowest BCUT2D eigenvalue weighted by molar-refractivity contribution is 1.40. The van der Waals surface area contributed by atoms with Crippen LogP contribution in [0, 0.1) is 6.92 Å². The summed E-state index contributed by atoms with van der Waals surface area (Å²) in [5.41, 5.74) is 0.732. The van der Waals surface area contributed by atoms with E-state index in [1.54, 1.807) is 0 Å². The summed E-state index contributed by atoms with van der Waals surface area (Å²) < 4.78 is 0. The molecule has 0 saturated carbocycles. The Morgan fingerprint density at radius 2 is 1.88 bits per heavy atom. The molecule has 1 heteroatoms. The Bertz CT molecular complexity index is 160. The lowest BCUT2D eigenvalue weighted by Crippen LogP contribution is -1.70. The highest BCUT2D eigenvalue weighted by atomic mass is 32.1. The zero-order valence-corrected chi connectivity index (χ0v) is 5.23. The van der Waals surface area contributed by atoms with E-state index in [9.17, 15) is 0 Å². The van der Waals surface area contributed by atoms with Gasteiger partial charge in [-0.2, -0.15) is 0 Å². The van der Waals surface area contributed by atoms with Gasteiger partial charge in [-0.25, -0.2) is 0 Å². The molecule has 0 fully saturated rings. The van der Waals surface area contributed by atoms with Gasteiger partial charge in [-0.3, -0.25) is 0 Å². The van der Waals surface area contributed by atoms with Gasteiger partial charge >= 0.3 is 0 Å². The quantitative estimate of drug-likeness (QED) is 0.500. The summed E-state index contributed by atoms with van der Waals surface area (Å²) in [6.45, 7) is 5.44. The maximum Gasteiger partial charge on any atom is 0.00753 e. The van der Waals surface area contributed by atoms with Crippen LogP contribution in [0.4, 0.5) is 0 Å². The first kappa shape index (κ1) is 5.70. The van der Waals surface area contributed by atoms with E-state index in [2.05, 4.69) is 12.6 Å². The number of rotatable bonds is 0. The van der Waals surface area contributed by atoms with E-state index in [4.69, 9.17) is 6.92 Å². The molecule has 8 heavy (non-hydrogen) atoms. The average Bonchev–Trinajstić information content (AvgIpc) is 1.77. The Hall–Kier alpha value is -0.430. The normalized spacial score (nSPS) is 9.25. The van der Waals surface area contributed by atoms with Crippen molar-refractivity contribution >= 4 is 12.6 Å². The molecule has 1 aromatic carbocycles. The molecule has 0 unspecified atom stereocenters. The molecule has 0 amide bonds. The Labute approximate surface area is 55.0 Å². The molecule has 0 nitrogen and oxygen atoms in total. The average molecular weight is 122 g/mol. The highest BCUT2D eigenvalue weighted by molar-refractivity contribution is 7.80.